The topological polar surface area (TPSA) is 30.5 Å². The maximum absolute atomic E-state index is 12.2. The van der Waals surface area contributed by atoms with E-state index in [1.165, 1.54) is 6.07 Å². The summed E-state index contributed by atoms with van der Waals surface area (Å²) < 4.78 is 34.5. The molecule has 1 N–H and O–H groups in total. The Hall–Kier alpha value is -1.36. The van der Waals surface area contributed by atoms with Crippen molar-refractivity contribution in [2.24, 2.45) is 0 Å². The van der Waals surface area contributed by atoms with Crippen molar-refractivity contribution < 1.29 is 18.3 Å². The molecule has 1 aliphatic heterocycles. The highest BCUT2D eigenvalue weighted by molar-refractivity contribution is 5.39. The van der Waals surface area contributed by atoms with Crippen LogP contribution in [-0.2, 0) is 0 Å². The predicted octanol–water partition coefficient (Wildman–Crippen LogP) is 2.42. The van der Waals surface area contributed by atoms with Gasteiger partial charge in [-0.25, -0.2) is 0 Å². The van der Waals surface area contributed by atoms with Crippen molar-refractivity contribution in [2.75, 3.05) is 13.1 Å². The SMILES string of the molecule is FC(F)Oc1ccccc1OC1CCNCC1. The van der Waals surface area contributed by atoms with E-state index in [2.05, 4.69) is 10.1 Å². The molecule has 1 aromatic carbocycles. The first kappa shape index (κ1) is 12.1. The molecule has 1 heterocycles. The average molecular weight is 243 g/mol. The number of rotatable bonds is 4. The first-order valence-electron chi connectivity index (χ1n) is 5.67. The van der Waals surface area contributed by atoms with Crippen LogP contribution in [0.2, 0.25) is 0 Å². The lowest BCUT2D eigenvalue weighted by Gasteiger charge is -2.24. The summed E-state index contributed by atoms with van der Waals surface area (Å²) in [6, 6.07) is 6.53. The summed E-state index contributed by atoms with van der Waals surface area (Å²) in [5, 5.41) is 3.22. The van der Waals surface area contributed by atoms with Crippen molar-refractivity contribution in [3.8, 4) is 11.5 Å². The molecule has 1 aliphatic rings. The second kappa shape index (κ2) is 5.82. The van der Waals surface area contributed by atoms with E-state index in [1.807, 2.05) is 0 Å². The van der Waals surface area contributed by atoms with Gasteiger partial charge in [-0.2, -0.15) is 8.78 Å². The minimum absolute atomic E-state index is 0.0682. The molecule has 0 radical (unpaired) electrons. The molecule has 0 aliphatic carbocycles. The molecular weight excluding hydrogens is 228 g/mol. The Balaban J connectivity index is 2.03. The van der Waals surface area contributed by atoms with Crippen LogP contribution in [0, 0.1) is 0 Å². The van der Waals surface area contributed by atoms with Crippen LogP contribution >= 0.6 is 0 Å². The van der Waals surface area contributed by atoms with Gasteiger partial charge in [0.25, 0.3) is 0 Å². The standard InChI is InChI=1S/C12H15F2NO2/c13-12(14)17-11-4-2-1-3-10(11)16-9-5-7-15-8-6-9/h1-4,9,12,15H,5-8H2. The third-order valence-electron chi connectivity index (χ3n) is 2.65. The van der Waals surface area contributed by atoms with E-state index in [-0.39, 0.29) is 11.9 Å². The minimum Gasteiger partial charge on any atom is -0.486 e. The van der Waals surface area contributed by atoms with Crippen LogP contribution in [0.1, 0.15) is 12.8 Å². The molecule has 0 atom stereocenters. The fourth-order valence-electron chi connectivity index (χ4n) is 1.83. The summed E-state index contributed by atoms with van der Waals surface area (Å²) >= 11 is 0. The van der Waals surface area contributed by atoms with E-state index in [0.717, 1.165) is 25.9 Å². The zero-order valence-electron chi connectivity index (χ0n) is 9.36. The van der Waals surface area contributed by atoms with Crippen molar-refractivity contribution in [3.05, 3.63) is 24.3 Å². The van der Waals surface area contributed by atoms with Crippen LogP contribution in [0.25, 0.3) is 0 Å². The molecule has 94 valence electrons. The molecule has 0 bridgehead atoms. The van der Waals surface area contributed by atoms with E-state index >= 15 is 0 Å². The van der Waals surface area contributed by atoms with Gasteiger partial charge in [0.2, 0.25) is 0 Å². The molecule has 3 nitrogen and oxygen atoms in total. The summed E-state index contributed by atoms with van der Waals surface area (Å²) in [6.07, 6.45) is 1.82. The summed E-state index contributed by atoms with van der Waals surface area (Å²) in [7, 11) is 0. The molecule has 1 saturated heterocycles. The van der Waals surface area contributed by atoms with Gasteiger partial charge in [0.05, 0.1) is 0 Å². The third-order valence-corrected chi connectivity index (χ3v) is 2.65. The fourth-order valence-corrected chi connectivity index (χ4v) is 1.83. The Bertz CT molecular complexity index is 354. The van der Waals surface area contributed by atoms with Crippen LogP contribution < -0.4 is 14.8 Å². The normalized spacial score (nSPS) is 17.1. The summed E-state index contributed by atoms with van der Waals surface area (Å²) in [5.41, 5.74) is 0. The van der Waals surface area contributed by atoms with Crippen LogP contribution in [-0.4, -0.2) is 25.8 Å². The zero-order valence-corrected chi connectivity index (χ0v) is 9.36. The van der Waals surface area contributed by atoms with Gasteiger partial charge in [0.1, 0.15) is 6.10 Å². The highest BCUT2D eigenvalue weighted by Gasteiger charge is 2.17. The number of hydrogen-bond acceptors (Lipinski definition) is 3. The van der Waals surface area contributed by atoms with E-state index in [0.29, 0.717) is 5.75 Å². The number of ether oxygens (including phenoxy) is 2. The monoisotopic (exact) mass is 243 g/mol. The number of alkyl halides is 2. The minimum atomic E-state index is -2.83. The smallest absolute Gasteiger partial charge is 0.387 e. The summed E-state index contributed by atoms with van der Waals surface area (Å²) in [5.74, 6) is 0.487. The highest BCUT2D eigenvalue weighted by Crippen LogP contribution is 2.29. The second-order valence-electron chi connectivity index (χ2n) is 3.89. The molecule has 0 aromatic heterocycles. The number of piperidine rings is 1. The molecule has 17 heavy (non-hydrogen) atoms. The van der Waals surface area contributed by atoms with Gasteiger partial charge in [0, 0.05) is 0 Å². The van der Waals surface area contributed by atoms with Crippen molar-refractivity contribution in [3.63, 3.8) is 0 Å². The van der Waals surface area contributed by atoms with Gasteiger partial charge in [-0.05, 0) is 38.1 Å². The van der Waals surface area contributed by atoms with E-state index < -0.39 is 6.61 Å². The molecule has 0 unspecified atom stereocenters. The number of nitrogens with one attached hydrogen (secondary N) is 1. The molecule has 0 spiro atoms. The predicted molar refractivity (Wildman–Crippen MR) is 59.6 cm³/mol. The number of halogens is 2. The van der Waals surface area contributed by atoms with Crippen molar-refractivity contribution in [2.45, 2.75) is 25.6 Å². The molecule has 0 saturated carbocycles. The maximum atomic E-state index is 12.2. The van der Waals surface area contributed by atoms with Crippen molar-refractivity contribution >= 4 is 0 Å². The van der Waals surface area contributed by atoms with Gasteiger partial charge in [-0.1, -0.05) is 12.1 Å². The zero-order chi connectivity index (χ0) is 12.1. The Morgan fingerprint density at radius 2 is 1.76 bits per heavy atom. The molecule has 2 rings (SSSR count). The van der Waals surface area contributed by atoms with Gasteiger partial charge in [-0.15, -0.1) is 0 Å². The molecule has 5 heteroatoms. The quantitative estimate of drug-likeness (QED) is 0.881. The van der Waals surface area contributed by atoms with E-state index in [9.17, 15) is 8.78 Å². The lowest BCUT2D eigenvalue weighted by Crippen LogP contribution is -2.34. The van der Waals surface area contributed by atoms with Gasteiger partial charge in [0.15, 0.2) is 11.5 Å². The third kappa shape index (κ3) is 3.56. The Morgan fingerprint density at radius 3 is 2.41 bits per heavy atom. The first-order valence-corrected chi connectivity index (χ1v) is 5.67. The van der Waals surface area contributed by atoms with Crippen molar-refractivity contribution in [1.82, 2.24) is 5.32 Å². The number of para-hydroxylation sites is 2. The van der Waals surface area contributed by atoms with Gasteiger partial charge < -0.3 is 14.8 Å². The summed E-state index contributed by atoms with van der Waals surface area (Å²) in [4.78, 5) is 0. The summed E-state index contributed by atoms with van der Waals surface area (Å²) in [6.45, 7) is -1.04. The molecule has 0 amide bonds. The van der Waals surface area contributed by atoms with Crippen LogP contribution in [0.4, 0.5) is 8.78 Å². The first-order chi connectivity index (χ1) is 8.25. The van der Waals surface area contributed by atoms with Crippen molar-refractivity contribution in [1.29, 1.82) is 0 Å². The molecule has 1 fully saturated rings. The fraction of sp³-hybridized carbons (Fsp3) is 0.500. The van der Waals surface area contributed by atoms with E-state index in [4.69, 9.17) is 4.74 Å². The highest BCUT2D eigenvalue weighted by atomic mass is 19.3. The number of benzene rings is 1. The number of hydrogen-bond donors (Lipinski definition) is 1. The Labute approximate surface area is 98.7 Å². The van der Waals surface area contributed by atoms with Gasteiger partial charge >= 0.3 is 6.61 Å². The Kier molecular flexibility index (Phi) is 4.14. The lowest BCUT2D eigenvalue weighted by molar-refractivity contribution is -0.0522. The van der Waals surface area contributed by atoms with E-state index in [1.54, 1.807) is 18.2 Å². The molecule has 1 aromatic rings. The van der Waals surface area contributed by atoms with Crippen LogP contribution in [0.5, 0.6) is 11.5 Å². The largest absolute Gasteiger partial charge is 0.486 e. The Morgan fingerprint density at radius 1 is 1.12 bits per heavy atom. The average Bonchev–Trinajstić information content (AvgIpc) is 2.32. The van der Waals surface area contributed by atoms with Gasteiger partial charge in [-0.3, -0.25) is 0 Å². The second-order valence-corrected chi connectivity index (χ2v) is 3.89. The maximum Gasteiger partial charge on any atom is 0.387 e. The lowest BCUT2D eigenvalue weighted by atomic mass is 10.1. The molecular formula is C12H15F2NO2. The van der Waals surface area contributed by atoms with Crippen LogP contribution in [0.3, 0.4) is 0 Å². The van der Waals surface area contributed by atoms with Crippen LogP contribution in [0.15, 0.2) is 24.3 Å².